The number of amides is 2. The number of nitrogens with zero attached hydrogens (tertiary/aromatic N) is 2. The first kappa shape index (κ1) is 13.4. The van der Waals surface area contributed by atoms with Crippen LogP contribution in [0.5, 0.6) is 0 Å². The molecule has 108 valence electrons. The molecule has 1 aliphatic rings. The molecule has 2 heterocycles. The third kappa shape index (κ3) is 2.65. The van der Waals surface area contributed by atoms with Crippen LogP contribution in [0.2, 0.25) is 0 Å². The first-order valence-corrected chi connectivity index (χ1v) is 6.87. The zero-order valence-corrected chi connectivity index (χ0v) is 11.7. The van der Waals surface area contributed by atoms with Crippen LogP contribution in [0, 0.1) is 0 Å². The lowest BCUT2D eigenvalue weighted by molar-refractivity contribution is -0.117. The Hall–Kier alpha value is -2.63. The number of carbonyl (C=O) groups is 2. The summed E-state index contributed by atoms with van der Waals surface area (Å²) in [5, 5.41) is 2.77. The minimum atomic E-state index is -0.245. The number of H-pyrrole nitrogens is 1. The number of rotatable bonds is 3. The van der Waals surface area contributed by atoms with Crippen LogP contribution in [0.1, 0.15) is 30.3 Å². The lowest BCUT2D eigenvalue weighted by atomic mass is 10.2. The van der Waals surface area contributed by atoms with Crippen LogP contribution in [-0.4, -0.2) is 27.8 Å². The highest BCUT2D eigenvalue weighted by atomic mass is 16.2. The van der Waals surface area contributed by atoms with Gasteiger partial charge in [0.2, 0.25) is 5.91 Å². The number of hydrogen-bond donors (Lipinski definition) is 2. The van der Waals surface area contributed by atoms with E-state index in [-0.39, 0.29) is 17.9 Å². The van der Waals surface area contributed by atoms with Crippen molar-refractivity contribution in [3.05, 3.63) is 42.5 Å². The van der Waals surface area contributed by atoms with Gasteiger partial charge in [0, 0.05) is 23.8 Å². The van der Waals surface area contributed by atoms with Crippen LogP contribution in [0.25, 0.3) is 0 Å². The Morgan fingerprint density at radius 3 is 2.71 bits per heavy atom. The Labute approximate surface area is 122 Å². The van der Waals surface area contributed by atoms with Gasteiger partial charge in [-0.05, 0) is 37.6 Å². The van der Waals surface area contributed by atoms with Gasteiger partial charge in [0.25, 0.3) is 5.91 Å². The molecule has 2 amide bonds. The first-order chi connectivity index (χ1) is 10.1. The lowest BCUT2D eigenvalue weighted by Gasteiger charge is -2.21. The molecule has 3 rings (SSSR count). The largest absolute Gasteiger partial charge is 0.341 e. The highest BCUT2D eigenvalue weighted by Gasteiger charge is 2.28. The molecule has 1 fully saturated rings. The molecule has 21 heavy (non-hydrogen) atoms. The molecule has 2 aromatic rings. The minimum Gasteiger partial charge on any atom is -0.341 e. The number of imidazole rings is 1. The maximum atomic E-state index is 11.9. The molecule has 6 nitrogen and oxygen atoms in total. The predicted molar refractivity (Wildman–Crippen MR) is 79.2 cm³/mol. The molecule has 0 saturated carbocycles. The van der Waals surface area contributed by atoms with Gasteiger partial charge in [-0.25, -0.2) is 4.98 Å². The summed E-state index contributed by atoms with van der Waals surface area (Å²) >= 11 is 0. The molecule has 6 heteroatoms. The zero-order valence-electron chi connectivity index (χ0n) is 11.7. The Kier molecular flexibility index (Phi) is 3.43. The smallest absolute Gasteiger partial charge is 0.273 e. The summed E-state index contributed by atoms with van der Waals surface area (Å²) < 4.78 is 0. The Morgan fingerprint density at radius 2 is 2.14 bits per heavy atom. The summed E-state index contributed by atoms with van der Waals surface area (Å²) in [6.07, 6.45) is 4.41. The summed E-state index contributed by atoms with van der Waals surface area (Å²) in [5.41, 5.74) is 1.95. The first-order valence-electron chi connectivity index (χ1n) is 6.87. The fraction of sp³-hybridized carbons (Fsp3) is 0.267. The summed E-state index contributed by atoms with van der Waals surface area (Å²) in [7, 11) is 0. The van der Waals surface area contributed by atoms with Gasteiger partial charge >= 0.3 is 0 Å². The second-order valence-electron chi connectivity index (χ2n) is 5.12. The maximum Gasteiger partial charge on any atom is 0.273 e. The van der Waals surface area contributed by atoms with E-state index in [4.69, 9.17) is 0 Å². The molecule has 1 aliphatic heterocycles. The third-order valence-corrected chi connectivity index (χ3v) is 3.63. The monoisotopic (exact) mass is 284 g/mol. The molecule has 0 spiro atoms. The average molecular weight is 284 g/mol. The highest BCUT2D eigenvalue weighted by Crippen LogP contribution is 2.27. The van der Waals surface area contributed by atoms with Crippen molar-refractivity contribution in [2.75, 3.05) is 10.2 Å². The third-order valence-electron chi connectivity index (χ3n) is 3.63. The van der Waals surface area contributed by atoms with E-state index in [0.29, 0.717) is 17.8 Å². The van der Waals surface area contributed by atoms with Gasteiger partial charge < -0.3 is 15.2 Å². The van der Waals surface area contributed by atoms with Crippen molar-refractivity contribution < 1.29 is 9.59 Å². The van der Waals surface area contributed by atoms with E-state index < -0.39 is 0 Å². The van der Waals surface area contributed by atoms with Gasteiger partial charge in [-0.2, -0.15) is 0 Å². The van der Waals surface area contributed by atoms with Crippen molar-refractivity contribution in [1.29, 1.82) is 0 Å². The van der Waals surface area contributed by atoms with Crippen molar-refractivity contribution in [3.63, 3.8) is 0 Å². The van der Waals surface area contributed by atoms with Crippen LogP contribution in [0.4, 0.5) is 11.4 Å². The van der Waals surface area contributed by atoms with Crippen LogP contribution in [0.15, 0.2) is 36.8 Å². The van der Waals surface area contributed by atoms with Crippen LogP contribution < -0.4 is 10.2 Å². The molecule has 1 atom stereocenters. The highest BCUT2D eigenvalue weighted by molar-refractivity contribution is 6.03. The second-order valence-corrected chi connectivity index (χ2v) is 5.12. The quantitative estimate of drug-likeness (QED) is 0.906. The average Bonchev–Trinajstić information content (AvgIpc) is 3.11. The number of carbonyl (C=O) groups excluding carboxylic acids is 2. The van der Waals surface area contributed by atoms with E-state index in [2.05, 4.69) is 15.3 Å². The number of aromatic nitrogens is 2. The Bertz CT molecular complexity index is 649. The molecule has 1 aromatic heterocycles. The normalized spacial score (nSPS) is 18.0. The predicted octanol–water partition coefficient (Wildman–Crippen LogP) is 2.18. The minimum absolute atomic E-state index is 0.150. The molecule has 2 N–H and O–H groups in total. The number of benzene rings is 1. The van der Waals surface area contributed by atoms with Crippen molar-refractivity contribution in [2.45, 2.75) is 25.8 Å². The number of nitrogens with one attached hydrogen (secondary N) is 2. The van der Waals surface area contributed by atoms with Crippen molar-refractivity contribution >= 4 is 23.2 Å². The zero-order chi connectivity index (χ0) is 14.8. The van der Waals surface area contributed by atoms with Crippen LogP contribution in [0.3, 0.4) is 0 Å². The van der Waals surface area contributed by atoms with Gasteiger partial charge in [0.05, 0.1) is 12.5 Å². The van der Waals surface area contributed by atoms with Crippen LogP contribution >= 0.6 is 0 Å². The molecular formula is C15H16N4O2. The molecule has 0 aliphatic carbocycles. The summed E-state index contributed by atoms with van der Waals surface area (Å²) in [4.78, 5) is 32.1. The summed E-state index contributed by atoms with van der Waals surface area (Å²) in [6.45, 7) is 2.04. The van der Waals surface area contributed by atoms with Crippen molar-refractivity contribution in [3.8, 4) is 0 Å². The summed E-state index contributed by atoms with van der Waals surface area (Å²) in [5.74, 6) is -0.0948. The van der Waals surface area contributed by atoms with Gasteiger partial charge in [-0.15, -0.1) is 0 Å². The van der Waals surface area contributed by atoms with Gasteiger partial charge in [0.1, 0.15) is 5.69 Å². The molecule has 1 unspecified atom stereocenters. The summed E-state index contributed by atoms with van der Waals surface area (Å²) in [6, 6.07) is 7.51. The van der Waals surface area contributed by atoms with E-state index >= 15 is 0 Å². The van der Waals surface area contributed by atoms with Crippen molar-refractivity contribution in [2.24, 2.45) is 0 Å². The topological polar surface area (TPSA) is 78.1 Å². The van der Waals surface area contributed by atoms with Crippen LogP contribution in [-0.2, 0) is 4.79 Å². The molecular weight excluding hydrogens is 268 g/mol. The molecule has 1 saturated heterocycles. The fourth-order valence-corrected chi connectivity index (χ4v) is 2.51. The Morgan fingerprint density at radius 1 is 1.38 bits per heavy atom. The Balaban J connectivity index is 1.72. The second kappa shape index (κ2) is 5.40. The fourth-order valence-electron chi connectivity index (χ4n) is 2.51. The van der Waals surface area contributed by atoms with E-state index in [1.807, 2.05) is 19.1 Å². The number of aromatic amines is 1. The lowest BCUT2D eigenvalue weighted by Crippen LogP contribution is -2.30. The maximum absolute atomic E-state index is 11.9. The van der Waals surface area contributed by atoms with E-state index in [1.165, 1.54) is 12.5 Å². The van der Waals surface area contributed by atoms with E-state index in [0.717, 1.165) is 12.1 Å². The molecule has 1 aromatic carbocycles. The number of hydrogen-bond acceptors (Lipinski definition) is 3. The van der Waals surface area contributed by atoms with Gasteiger partial charge in [-0.3, -0.25) is 9.59 Å². The molecule has 0 bridgehead atoms. The number of anilines is 2. The van der Waals surface area contributed by atoms with Gasteiger partial charge in [-0.1, -0.05) is 0 Å². The SMILES string of the molecule is CC1CCC(=O)N1c1ccc(NC(=O)c2cnc[nH]2)cc1. The van der Waals surface area contributed by atoms with Crippen molar-refractivity contribution in [1.82, 2.24) is 9.97 Å². The van der Waals surface area contributed by atoms with Gasteiger partial charge in [0.15, 0.2) is 0 Å². The molecule has 0 radical (unpaired) electrons. The van der Waals surface area contributed by atoms with E-state index in [9.17, 15) is 9.59 Å². The standard InChI is InChI=1S/C15H16N4O2/c1-10-2-7-14(20)19(10)12-5-3-11(4-6-12)18-15(21)13-8-16-9-17-13/h3-6,8-10H,2,7H2,1H3,(H,16,17)(H,18,21). The van der Waals surface area contributed by atoms with E-state index in [1.54, 1.807) is 17.0 Å².